The highest BCUT2D eigenvalue weighted by Crippen LogP contribution is 2.53. The lowest BCUT2D eigenvalue weighted by atomic mass is 10.3. The first-order valence-electron chi connectivity index (χ1n) is 5.92. The van der Waals surface area contributed by atoms with E-state index in [2.05, 4.69) is 95.6 Å². The van der Waals surface area contributed by atoms with Crippen LogP contribution in [-0.2, 0) is 0 Å². The predicted molar refractivity (Wildman–Crippen MR) is 112 cm³/mol. The van der Waals surface area contributed by atoms with Crippen molar-refractivity contribution in [1.29, 1.82) is 0 Å². The zero-order chi connectivity index (χ0) is 17.3. The minimum atomic E-state index is 0.512. The van der Waals surface area contributed by atoms with E-state index in [-0.39, 0.29) is 0 Å². The summed E-state index contributed by atoms with van der Waals surface area (Å²) in [7, 11) is 3.16. The lowest BCUT2D eigenvalue weighted by Crippen LogP contribution is -1.97. The molecule has 0 aliphatic rings. The third kappa shape index (κ3) is 4.11. The van der Waals surface area contributed by atoms with Crippen LogP contribution in [0.4, 0.5) is 0 Å². The van der Waals surface area contributed by atoms with Crippen LogP contribution >= 0.6 is 95.6 Å². The Labute approximate surface area is 184 Å². The van der Waals surface area contributed by atoms with Crippen molar-refractivity contribution >= 4 is 95.6 Å². The van der Waals surface area contributed by atoms with E-state index in [0.717, 1.165) is 22.4 Å². The van der Waals surface area contributed by atoms with Crippen LogP contribution in [0.15, 0.2) is 39.0 Å². The van der Waals surface area contributed by atoms with Crippen molar-refractivity contribution in [3.8, 4) is 23.0 Å². The van der Waals surface area contributed by atoms with Crippen molar-refractivity contribution in [2.45, 2.75) is 0 Å². The van der Waals surface area contributed by atoms with Crippen molar-refractivity contribution in [2.75, 3.05) is 14.2 Å². The van der Waals surface area contributed by atoms with Crippen LogP contribution in [0.2, 0.25) is 0 Å². The van der Waals surface area contributed by atoms with E-state index in [9.17, 15) is 0 Å². The standard InChI is InChI=1S/C14H8Br6O3/c1-21-12-6(16)3-5(15)4-7(12)23-14-11(20)9(18)8(17)10(19)13(14)22-2/h3-4H,1-2H3. The topological polar surface area (TPSA) is 27.7 Å². The Bertz CT molecular complexity index is 763. The highest BCUT2D eigenvalue weighted by atomic mass is 79.9. The van der Waals surface area contributed by atoms with Crippen LogP contribution in [0.3, 0.4) is 0 Å². The van der Waals surface area contributed by atoms with Gasteiger partial charge in [0.25, 0.3) is 0 Å². The molecule has 0 bridgehead atoms. The summed E-state index contributed by atoms with van der Waals surface area (Å²) in [6.45, 7) is 0. The summed E-state index contributed by atoms with van der Waals surface area (Å²) in [5.41, 5.74) is 0. The fourth-order valence-corrected chi connectivity index (χ4v) is 5.42. The number of hydrogen-bond acceptors (Lipinski definition) is 3. The van der Waals surface area contributed by atoms with E-state index in [1.807, 2.05) is 12.1 Å². The van der Waals surface area contributed by atoms with Crippen LogP contribution in [0.25, 0.3) is 0 Å². The van der Waals surface area contributed by atoms with Crippen molar-refractivity contribution in [3.05, 3.63) is 39.0 Å². The van der Waals surface area contributed by atoms with Gasteiger partial charge in [0.2, 0.25) is 0 Å². The lowest BCUT2D eigenvalue weighted by Gasteiger charge is -2.18. The maximum absolute atomic E-state index is 6.09. The molecule has 0 spiro atoms. The summed E-state index contributed by atoms with van der Waals surface area (Å²) in [6, 6.07) is 3.70. The van der Waals surface area contributed by atoms with Gasteiger partial charge in [-0.15, -0.1) is 0 Å². The highest BCUT2D eigenvalue weighted by molar-refractivity contribution is 9.15. The fraction of sp³-hybridized carbons (Fsp3) is 0.143. The van der Waals surface area contributed by atoms with Gasteiger partial charge in [0, 0.05) is 4.47 Å². The molecule has 0 unspecified atom stereocenters. The minimum absolute atomic E-state index is 0.512. The molecule has 9 heteroatoms. The molecular weight excluding hydrogens is 696 g/mol. The van der Waals surface area contributed by atoms with Crippen LogP contribution in [0.5, 0.6) is 23.0 Å². The van der Waals surface area contributed by atoms with Crippen molar-refractivity contribution in [3.63, 3.8) is 0 Å². The molecule has 2 aromatic carbocycles. The third-order valence-corrected chi connectivity index (χ3v) is 8.52. The quantitative estimate of drug-likeness (QED) is 0.238. The largest absolute Gasteiger partial charge is 0.492 e. The van der Waals surface area contributed by atoms with Gasteiger partial charge in [-0.1, -0.05) is 15.9 Å². The number of hydrogen-bond donors (Lipinski definition) is 0. The maximum atomic E-state index is 6.09. The Kier molecular flexibility index (Phi) is 7.32. The average Bonchev–Trinajstić information content (AvgIpc) is 2.50. The smallest absolute Gasteiger partial charge is 0.186 e. The van der Waals surface area contributed by atoms with Gasteiger partial charge in [-0.3, -0.25) is 0 Å². The van der Waals surface area contributed by atoms with Gasteiger partial charge in [-0.25, -0.2) is 0 Å². The van der Waals surface area contributed by atoms with E-state index >= 15 is 0 Å². The second kappa shape index (κ2) is 8.40. The van der Waals surface area contributed by atoms with Crippen molar-refractivity contribution in [1.82, 2.24) is 0 Å². The first kappa shape index (κ1) is 20.0. The molecule has 0 N–H and O–H groups in total. The molecule has 0 saturated carbocycles. The van der Waals surface area contributed by atoms with E-state index in [1.54, 1.807) is 14.2 Å². The van der Waals surface area contributed by atoms with E-state index in [1.165, 1.54) is 0 Å². The van der Waals surface area contributed by atoms with Crippen LogP contribution in [0.1, 0.15) is 0 Å². The van der Waals surface area contributed by atoms with E-state index in [4.69, 9.17) is 14.2 Å². The van der Waals surface area contributed by atoms with Gasteiger partial charge in [-0.05, 0) is 91.8 Å². The van der Waals surface area contributed by atoms with E-state index < -0.39 is 0 Å². The molecule has 0 saturated heterocycles. The number of ether oxygens (including phenoxy) is 3. The Morgan fingerprint density at radius 1 is 0.652 bits per heavy atom. The number of rotatable bonds is 4. The summed E-state index contributed by atoms with van der Waals surface area (Å²) < 4.78 is 21.7. The molecule has 2 aromatic rings. The molecule has 124 valence electrons. The Morgan fingerprint density at radius 3 is 1.70 bits per heavy atom. The zero-order valence-electron chi connectivity index (χ0n) is 11.6. The van der Waals surface area contributed by atoms with E-state index in [0.29, 0.717) is 27.5 Å². The van der Waals surface area contributed by atoms with Gasteiger partial charge >= 0.3 is 0 Å². The van der Waals surface area contributed by atoms with Gasteiger partial charge in [0.05, 0.1) is 36.6 Å². The molecule has 0 heterocycles. The molecule has 0 radical (unpaired) electrons. The van der Waals surface area contributed by atoms with Gasteiger partial charge in [-0.2, -0.15) is 0 Å². The fourth-order valence-electron chi connectivity index (χ4n) is 1.79. The number of halogens is 6. The molecule has 23 heavy (non-hydrogen) atoms. The Morgan fingerprint density at radius 2 is 1.17 bits per heavy atom. The predicted octanol–water partition coefficient (Wildman–Crippen LogP) is 8.07. The molecule has 0 fully saturated rings. The van der Waals surface area contributed by atoms with Gasteiger partial charge in [0.1, 0.15) is 0 Å². The molecule has 0 aliphatic heterocycles. The number of benzene rings is 2. The van der Waals surface area contributed by atoms with Gasteiger partial charge in [0.15, 0.2) is 23.0 Å². The molecule has 0 aliphatic carbocycles. The lowest BCUT2D eigenvalue weighted by molar-refractivity contribution is 0.352. The molecular formula is C14H8Br6O3. The second-order valence-electron chi connectivity index (χ2n) is 4.14. The van der Waals surface area contributed by atoms with Crippen LogP contribution < -0.4 is 14.2 Å². The highest BCUT2D eigenvalue weighted by Gasteiger charge is 2.23. The SMILES string of the molecule is COc1c(Br)cc(Br)cc1Oc1c(Br)c(Br)c(Br)c(Br)c1OC. The summed E-state index contributed by atoms with van der Waals surface area (Å²) in [5.74, 6) is 2.18. The first-order chi connectivity index (χ1) is 10.8. The molecule has 0 amide bonds. The summed E-state index contributed by atoms with van der Waals surface area (Å²) in [4.78, 5) is 0. The molecule has 2 rings (SSSR count). The minimum Gasteiger partial charge on any atom is -0.492 e. The summed E-state index contributed by atoms with van der Waals surface area (Å²) in [5, 5.41) is 0. The summed E-state index contributed by atoms with van der Waals surface area (Å²) >= 11 is 21.0. The van der Waals surface area contributed by atoms with Gasteiger partial charge < -0.3 is 14.2 Å². The molecule has 3 nitrogen and oxygen atoms in total. The number of methoxy groups -OCH3 is 2. The zero-order valence-corrected chi connectivity index (χ0v) is 21.2. The van der Waals surface area contributed by atoms with Crippen LogP contribution in [-0.4, -0.2) is 14.2 Å². The Balaban J connectivity index is 2.66. The second-order valence-corrected chi connectivity index (χ2v) is 9.08. The molecule has 0 aromatic heterocycles. The maximum Gasteiger partial charge on any atom is 0.186 e. The third-order valence-electron chi connectivity index (χ3n) is 2.78. The Hall–Kier alpha value is 0.720. The molecule has 0 atom stereocenters. The van der Waals surface area contributed by atoms with Crippen LogP contribution in [0, 0.1) is 0 Å². The average molecular weight is 704 g/mol. The summed E-state index contributed by atoms with van der Waals surface area (Å²) in [6.07, 6.45) is 0. The first-order valence-corrected chi connectivity index (χ1v) is 10.7. The van der Waals surface area contributed by atoms with Crippen molar-refractivity contribution < 1.29 is 14.2 Å². The monoisotopic (exact) mass is 698 g/mol. The normalized spacial score (nSPS) is 10.6. The van der Waals surface area contributed by atoms with Crippen molar-refractivity contribution in [2.24, 2.45) is 0 Å².